The molecule has 25 heavy (non-hydrogen) atoms. The van der Waals surface area contributed by atoms with Crippen molar-refractivity contribution in [2.75, 3.05) is 0 Å². The van der Waals surface area contributed by atoms with Crippen LogP contribution < -0.4 is 10.9 Å². The molecule has 1 aromatic heterocycles. The zero-order chi connectivity index (χ0) is 18.8. The normalized spacial score (nSPS) is 12.5. The number of rotatable bonds is 4. The fraction of sp³-hybridized carbons (Fsp3) is 0.250. The first-order valence-corrected chi connectivity index (χ1v) is 8.84. The fourth-order valence-electron chi connectivity index (χ4n) is 2.11. The maximum absolute atomic E-state index is 12.9. The molecule has 0 saturated carbocycles. The standard InChI is InChI=1S/C16H17FN2O5S/c1-9-8-14(10(2)24-9)16(21)19-18-15(20)11(3)25(22,23)13-6-4-12(17)5-7-13/h4-8,11H,1-3H3,(H,18,20)(H,19,21). The molecule has 0 aliphatic rings. The van der Waals surface area contributed by atoms with Crippen LogP contribution in [0.4, 0.5) is 4.39 Å². The number of carbonyl (C=O) groups excluding carboxylic acids is 2. The summed E-state index contributed by atoms with van der Waals surface area (Å²) in [6, 6.07) is 5.62. The summed E-state index contributed by atoms with van der Waals surface area (Å²) >= 11 is 0. The summed E-state index contributed by atoms with van der Waals surface area (Å²) in [5, 5.41) is -1.48. The minimum atomic E-state index is -4.02. The lowest BCUT2D eigenvalue weighted by atomic mass is 10.2. The van der Waals surface area contributed by atoms with Gasteiger partial charge in [0, 0.05) is 0 Å². The van der Waals surface area contributed by atoms with Gasteiger partial charge in [-0.25, -0.2) is 12.8 Å². The SMILES string of the molecule is Cc1cc(C(=O)NNC(=O)C(C)S(=O)(=O)c2ccc(F)cc2)c(C)o1. The molecule has 9 heteroatoms. The predicted octanol–water partition coefficient (Wildman–Crippen LogP) is 1.66. The Morgan fingerprint density at radius 2 is 1.72 bits per heavy atom. The van der Waals surface area contributed by atoms with Gasteiger partial charge in [0.1, 0.15) is 22.6 Å². The number of nitrogens with one attached hydrogen (secondary N) is 2. The molecule has 2 N–H and O–H groups in total. The average Bonchev–Trinajstić information content (AvgIpc) is 2.90. The van der Waals surface area contributed by atoms with Crippen molar-refractivity contribution in [3.63, 3.8) is 0 Å². The molecule has 1 atom stereocenters. The van der Waals surface area contributed by atoms with Gasteiger partial charge in [-0.3, -0.25) is 20.4 Å². The molecule has 2 rings (SSSR count). The second-order valence-corrected chi connectivity index (χ2v) is 7.68. The summed E-state index contributed by atoms with van der Waals surface area (Å²) in [5.41, 5.74) is 4.44. The van der Waals surface area contributed by atoms with Crippen molar-refractivity contribution in [2.24, 2.45) is 0 Å². The predicted molar refractivity (Wildman–Crippen MR) is 86.8 cm³/mol. The second-order valence-electron chi connectivity index (χ2n) is 5.41. The van der Waals surface area contributed by atoms with Crippen LogP contribution in [-0.2, 0) is 14.6 Å². The molecule has 0 fully saturated rings. The van der Waals surface area contributed by atoms with Gasteiger partial charge in [-0.15, -0.1) is 0 Å². The molecule has 0 aliphatic heterocycles. The molecule has 2 amide bonds. The summed E-state index contributed by atoms with van der Waals surface area (Å²) in [7, 11) is -4.02. The van der Waals surface area contributed by atoms with Crippen LogP contribution in [0.3, 0.4) is 0 Å². The number of furan rings is 1. The summed E-state index contributed by atoms with van der Waals surface area (Å²) < 4.78 is 42.8. The van der Waals surface area contributed by atoms with E-state index >= 15 is 0 Å². The van der Waals surface area contributed by atoms with Crippen LogP contribution in [0.15, 0.2) is 39.6 Å². The number of halogens is 1. The Balaban J connectivity index is 2.06. The van der Waals surface area contributed by atoms with E-state index in [4.69, 9.17) is 4.42 Å². The van der Waals surface area contributed by atoms with E-state index in [0.717, 1.165) is 24.3 Å². The highest BCUT2D eigenvalue weighted by atomic mass is 32.2. The summed E-state index contributed by atoms with van der Waals surface area (Å²) in [5.74, 6) is -1.24. The van der Waals surface area contributed by atoms with Crippen molar-refractivity contribution >= 4 is 21.7 Å². The van der Waals surface area contributed by atoms with Gasteiger partial charge in [0.2, 0.25) is 0 Å². The molecule has 0 spiro atoms. The third-order valence-electron chi connectivity index (χ3n) is 3.56. The van der Waals surface area contributed by atoms with E-state index in [9.17, 15) is 22.4 Å². The largest absolute Gasteiger partial charge is 0.466 e. The fourth-order valence-corrected chi connectivity index (χ4v) is 3.38. The number of hydrogen-bond acceptors (Lipinski definition) is 5. The number of carbonyl (C=O) groups is 2. The van der Waals surface area contributed by atoms with E-state index in [-0.39, 0.29) is 10.5 Å². The van der Waals surface area contributed by atoms with E-state index < -0.39 is 32.7 Å². The Hall–Kier alpha value is -2.68. The molecular formula is C16H17FN2O5S. The number of amides is 2. The van der Waals surface area contributed by atoms with E-state index in [1.165, 1.54) is 13.0 Å². The van der Waals surface area contributed by atoms with Gasteiger partial charge in [0.05, 0.1) is 10.5 Å². The molecular weight excluding hydrogens is 351 g/mol. The second kappa shape index (κ2) is 7.06. The topological polar surface area (TPSA) is 105 Å². The zero-order valence-corrected chi connectivity index (χ0v) is 14.6. The van der Waals surface area contributed by atoms with E-state index in [1.807, 2.05) is 0 Å². The van der Waals surface area contributed by atoms with Crippen LogP contribution >= 0.6 is 0 Å². The first kappa shape index (κ1) is 18.7. The number of sulfone groups is 1. The molecule has 1 aromatic carbocycles. The maximum atomic E-state index is 12.9. The lowest BCUT2D eigenvalue weighted by Crippen LogP contribution is -2.47. The molecule has 0 saturated heterocycles. The minimum absolute atomic E-state index is 0.191. The Bertz CT molecular complexity index is 903. The van der Waals surface area contributed by atoms with Gasteiger partial charge < -0.3 is 4.42 Å². The molecule has 1 heterocycles. The highest BCUT2D eigenvalue weighted by Gasteiger charge is 2.30. The van der Waals surface area contributed by atoms with Crippen molar-refractivity contribution in [1.82, 2.24) is 10.9 Å². The molecule has 0 aliphatic carbocycles. The third kappa shape index (κ3) is 4.05. The number of hydrazine groups is 1. The third-order valence-corrected chi connectivity index (χ3v) is 5.64. The van der Waals surface area contributed by atoms with Gasteiger partial charge in [-0.2, -0.15) is 0 Å². The molecule has 2 aromatic rings. The van der Waals surface area contributed by atoms with Crippen LogP contribution in [0.25, 0.3) is 0 Å². The van der Waals surface area contributed by atoms with Gasteiger partial charge in [-0.05, 0) is 51.1 Å². The average molecular weight is 368 g/mol. The van der Waals surface area contributed by atoms with Crippen LogP contribution in [0.1, 0.15) is 28.8 Å². The first-order chi connectivity index (χ1) is 11.6. The molecule has 0 radical (unpaired) electrons. The Morgan fingerprint density at radius 3 is 2.24 bits per heavy atom. The van der Waals surface area contributed by atoms with Crippen LogP contribution in [0.5, 0.6) is 0 Å². The number of hydrogen-bond donors (Lipinski definition) is 2. The maximum Gasteiger partial charge on any atom is 0.273 e. The highest BCUT2D eigenvalue weighted by molar-refractivity contribution is 7.92. The molecule has 0 bridgehead atoms. The molecule has 134 valence electrons. The molecule has 7 nitrogen and oxygen atoms in total. The summed E-state index contributed by atoms with van der Waals surface area (Å²) in [4.78, 5) is 23.8. The number of aryl methyl sites for hydroxylation is 2. The van der Waals surface area contributed by atoms with Crippen LogP contribution in [0, 0.1) is 19.7 Å². The van der Waals surface area contributed by atoms with Crippen LogP contribution in [0.2, 0.25) is 0 Å². The number of benzene rings is 1. The quantitative estimate of drug-likeness (QED) is 0.631. The Kier molecular flexibility index (Phi) is 5.27. The highest BCUT2D eigenvalue weighted by Crippen LogP contribution is 2.17. The van der Waals surface area contributed by atoms with Gasteiger partial charge >= 0.3 is 0 Å². The summed E-state index contributed by atoms with van der Waals surface area (Å²) in [6.07, 6.45) is 0. The van der Waals surface area contributed by atoms with Crippen molar-refractivity contribution in [3.05, 3.63) is 53.2 Å². The van der Waals surface area contributed by atoms with Gasteiger partial charge in [0.15, 0.2) is 9.84 Å². The lowest BCUT2D eigenvalue weighted by Gasteiger charge is -2.14. The lowest BCUT2D eigenvalue weighted by molar-refractivity contribution is -0.121. The molecule has 1 unspecified atom stereocenters. The van der Waals surface area contributed by atoms with E-state index in [1.54, 1.807) is 13.8 Å². The minimum Gasteiger partial charge on any atom is -0.466 e. The van der Waals surface area contributed by atoms with Crippen molar-refractivity contribution in [2.45, 2.75) is 30.9 Å². The van der Waals surface area contributed by atoms with E-state index in [0.29, 0.717) is 11.5 Å². The van der Waals surface area contributed by atoms with E-state index in [2.05, 4.69) is 10.9 Å². The van der Waals surface area contributed by atoms with Crippen molar-refractivity contribution in [3.8, 4) is 0 Å². The Morgan fingerprint density at radius 1 is 1.12 bits per heavy atom. The van der Waals surface area contributed by atoms with Gasteiger partial charge in [-0.1, -0.05) is 0 Å². The summed E-state index contributed by atoms with van der Waals surface area (Å²) in [6.45, 7) is 4.43. The van der Waals surface area contributed by atoms with Crippen molar-refractivity contribution in [1.29, 1.82) is 0 Å². The Labute approximate surface area is 144 Å². The smallest absolute Gasteiger partial charge is 0.273 e. The van der Waals surface area contributed by atoms with Gasteiger partial charge in [0.25, 0.3) is 11.8 Å². The first-order valence-electron chi connectivity index (χ1n) is 7.29. The zero-order valence-electron chi connectivity index (χ0n) is 13.8. The van der Waals surface area contributed by atoms with Crippen molar-refractivity contribution < 1.29 is 26.8 Å². The van der Waals surface area contributed by atoms with Crippen LogP contribution in [-0.4, -0.2) is 25.5 Å². The monoisotopic (exact) mass is 368 g/mol.